The first-order valence-corrected chi connectivity index (χ1v) is 6.47. The molecular weight excluding hydrogens is 252 g/mol. The monoisotopic (exact) mass is 268 g/mol. The Labute approximate surface area is 111 Å². The Kier molecular flexibility index (Phi) is 4.25. The van der Waals surface area contributed by atoms with Crippen molar-refractivity contribution in [1.82, 2.24) is 9.88 Å². The Morgan fingerprint density at radius 2 is 2.17 bits per heavy atom. The summed E-state index contributed by atoms with van der Waals surface area (Å²) < 4.78 is 0. The van der Waals surface area contributed by atoms with Gasteiger partial charge in [0.2, 0.25) is 5.91 Å². The number of likely N-dealkylation sites (tertiary alicyclic amines) is 1. The number of amides is 1. The minimum atomic E-state index is 0.0874. The molecule has 6 heteroatoms. The molecule has 18 heavy (non-hydrogen) atoms. The second-order valence-electron chi connectivity index (χ2n) is 4.39. The highest BCUT2D eigenvalue weighted by molar-refractivity contribution is 6.33. The van der Waals surface area contributed by atoms with Crippen LogP contribution in [-0.4, -0.2) is 35.4 Å². The predicted octanol–water partition coefficient (Wildman–Crippen LogP) is 1.74. The number of aromatic nitrogens is 1. The van der Waals surface area contributed by atoms with Gasteiger partial charge in [0.05, 0.1) is 23.5 Å². The van der Waals surface area contributed by atoms with Crippen LogP contribution in [0.5, 0.6) is 0 Å². The maximum Gasteiger partial charge on any atom is 0.241 e. The lowest BCUT2D eigenvalue weighted by molar-refractivity contribution is -0.130. The van der Waals surface area contributed by atoms with Crippen molar-refractivity contribution in [3.05, 3.63) is 17.3 Å². The number of nitrogens with two attached hydrogens (primary N) is 1. The Morgan fingerprint density at radius 1 is 1.44 bits per heavy atom. The molecule has 1 aromatic heterocycles. The lowest BCUT2D eigenvalue weighted by Gasteiger charge is -2.26. The average molecular weight is 269 g/mol. The molecule has 0 unspecified atom stereocenters. The van der Waals surface area contributed by atoms with Crippen LogP contribution in [0.15, 0.2) is 12.3 Å². The van der Waals surface area contributed by atoms with Crippen molar-refractivity contribution in [2.45, 2.75) is 19.3 Å². The van der Waals surface area contributed by atoms with Crippen molar-refractivity contribution < 1.29 is 4.79 Å². The molecule has 2 heterocycles. The predicted molar refractivity (Wildman–Crippen MR) is 72.6 cm³/mol. The molecule has 98 valence electrons. The molecule has 1 aliphatic heterocycles. The van der Waals surface area contributed by atoms with Gasteiger partial charge in [-0.2, -0.15) is 0 Å². The third-order valence-corrected chi connectivity index (χ3v) is 3.27. The maximum absolute atomic E-state index is 11.9. The van der Waals surface area contributed by atoms with Gasteiger partial charge >= 0.3 is 0 Å². The molecule has 1 fully saturated rings. The number of rotatable bonds is 3. The molecule has 1 aromatic rings. The fraction of sp³-hybridized carbons (Fsp3) is 0.500. The van der Waals surface area contributed by atoms with Gasteiger partial charge in [-0.25, -0.2) is 4.98 Å². The summed E-state index contributed by atoms with van der Waals surface area (Å²) in [4.78, 5) is 17.9. The van der Waals surface area contributed by atoms with Crippen LogP contribution < -0.4 is 11.1 Å². The zero-order chi connectivity index (χ0) is 13.0. The van der Waals surface area contributed by atoms with Crippen LogP contribution in [0, 0.1) is 0 Å². The summed E-state index contributed by atoms with van der Waals surface area (Å²) in [5, 5.41) is 3.38. The normalized spacial score (nSPS) is 15.5. The number of nitrogens with one attached hydrogen (secondary N) is 1. The summed E-state index contributed by atoms with van der Waals surface area (Å²) in [7, 11) is 0. The number of hydrogen-bond donors (Lipinski definition) is 2. The number of hydrogen-bond acceptors (Lipinski definition) is 4. The van der Waals surface area contributed by atoms with E-state index in [-0.39, 0.29) is 12.5 Å². The lowest BCUT2D eigenvalue weighted by Crippen LogP contribution is -2.39. The molecule has 1 aliphatic rings. The molecule has 0 spiro atoms. The summed E-state index contributed by atoms with van der Waals surface area (Å²) in [5.74, 6) is 0.584. The van der Waals surface area contributed by atoms with Crippen LogP contribution in [0.1, 0.15) is 19.3 Å². The third-order valence-electron chi connectivity index (χ3n) is 2.98. The van der Waals surface area contributed by atoms with Crippen molar-refractivity contribution in [3.63, 3.8) is 0 Å². The van der Waals surface area contributed by atoms with Crippen LogP contribution in [0.25, 0.3) is 0 Å². The van der Waals surface area contributed by atoms with Crippen molar-refractivity contribution in [3.8, 4) is 0 Å². The van der Waals surface area contributed by atoms with E-state index in [9.17, 15) is 4.79 Å². The SMILES string of the molecule is Nc1cnc(NCC(=O)N2CCCCC2)c(Cl)c1. The van der Waals surface area contributed by atoms with Gasteiger partial charge in [-0.05, 0) is 25.3 Å². The maximum atomic E-state index is 11.9. The quantitative estimate of drug-likeness (QED) is 0.876. The molecule has 3 N–H and O–H groups in total. The minimum absolute atomic E-state index is 0.0874. The topological polar surface area (TPSA) is 71.2 Å². The molecular formula is C12H17ClN4O. The first kappa shape index (κ1) is 13.0. The van der Waals surface area contributed by atoms with Gasteiger partial charge in [0.15, 0.2) is 0 Å². The Hall–Kier alpha value is -1.49. The van der Waals surface area contributed by atoms with Crippen molar-refractivity contribution >= 4 is 29.0 Å². The summed E-state index contributed by atoms with van der Waals surface area (Å²) >= 11 is 5.97. The molecule has 0 aromatic carbocycles. The largest absolute Gasteiger partial charge is 0.397 e. The molecule has 2 rings (SSSR count). The van der Waals surface area contributed by atoms with E-state index in [1.54, 1.807) is 6.07 Å². The second-order valence-corrected chi connectivity index (χ2v) is 4.80. The van der Waals surface area contributed by atoms with Crippen molar-refractivity contribution in [2.24, 2.45) is 0 Å². The van der Waals surface area contributed by atoms with E-state index >= 15 is 0 Å². The van der Waals surface area contributed by atoms with Crippen molar-refractivity contribution in [2.75, 3.05) is 30.7 Å². The number of piperidine rings is 1. The van der Waals surface area contributed by atoms with E-state index in [1.807, 2.05) is 4.90 Å². The summed E-state index contributed by atoms with van der Waals surface area (Å²) in [6.07, 6.45) is 4.90. The highest BCUT2D eigenvalue weighted by atomic mass is 35.5. The van der Waals surface area contributed by atoms with E-state index < -0.39 is 0 Å². The number of pyridine rings is 1. The zero-order valence-corrected chi connectivity index (χ0v) is 10.9. The van der Waals surface area contributed by atoms with Gasteiger partial charge in [-0.15, -0.1) is 0 Å². The number of nitrogens with zero attached hydrogens (tertiary/aromatic N) is 2. The number of anilines is 2. The summed E-state index contributed by atoms with van der Waals surface area (Å²) in [5.41, 5.74) is 6.06. The highest BCUT2D eigenvalue weighted by Crippen LogP contribution is 2.20. The van der Waals surface area contributed by atoms with Gasteiger partial charge in [0.25, 0.3) is 0 Å². The third kappa shape index (κ3) is 3.26. The Bertz CT molecular complexity index is 432. The Balaban J connectivity index is 1.88. The van der Waals surface area contributed by atoms with E-state index in [2.05, 4.69) is 10.3 Å². The molecule has 0 atom stereocenters. The first-order chi connectivity index (χ1) is 8.66. The van der Waals surface area contributed by atoms with E-state index in [1.165, 1.54) is 12.6 Å². The van der Waals surface area contributed by atoms with E-state index in [4.69, 9.17) is 17.3 Å². The fourth-order valence-electron chi connectivity index (χ4n) is 2.00. The van der Waals surface area contributed by atoms with E-state index in [0.717, 1.165) is 25.9 Å². The number of nitrogen functional groups attached to an aromatic ring is 1. The molecule has 0 bridgehead atoms. The molecule has 1 amide bonds. The van der Waals surface area contributed by atoms with Gasteiger partial charge in [-0.1, -0.05) is 11.6 Å². The molecule has 0 saturated carbocycles. The second kappa shape index (κ2) is 5.91. The molecule has 0 radical (unpaired) electrons. The van der Waals surface area contributed by atoms with Crippen LogP contribution in [0.3, 0.4) is 0 Å². The fourth-order valence-corrected chi connectivity index (χ4v) is 2.24. The van der Waals surface area contributed by atoms with Gasteiger partial charge < -0.3 is 16.0 Å². The molecule has 5 nitrogen and oxygen atoms in total. The molecule has 1 saturated heterocycles. The van der Waals surface area contributed by atoms with Gasteiger partial charge in [0, 0.05) is 13.1 Å². The average Bonchev–Trinajstić information content (AvgIpc) is 2.38. The van der Waals surface area contributed by atoms with Crippen LogP contribution in [0.4, 0.5) is 11.5 Å². The summed E-state index contributed by atoms with van der Waals surface area (Å²) in [6, 6.07) is 1.61. The number of halogens is 1. The lowest BCUT2D eigenvalue weighted by atomic mass is 10.1. The standard InChI is InChI=1S/C12H17ClN4O/c13-10-6-9(14)7-15-12(10)16-8-11(18)17-4-2-1-3-5-17/h6-7H,1-5,8,14H2,(H,15,16). The Morgan fingerprint density at radius 3 is 2.83 bits per heavy atom. The number of carbonyl (C=O) groups excluding carboxylic acids is 1. The highest BCUT2D eigenvalue weighted by Gasteiger charge is 2.16. The first-order valence-electron chi connectivity index (χ1n) is 6.09. The van der Waals surface area contributed by atoms with Crippen molar-refractivity contribution in [1.29, 1.82) is 0 Å². The van der Waals surface area contributed by atoms with Gasteiger partial charge in [-0.3, -0.25) is 4.79 Å². The summed E-state index contributed by atoms with van der Waals surface area (Å²) in [6.45, 7) is 1.92. The van der Waals surface area contributed by atoms with Crippen LogP contribution >= 0.6 is 11.6 Å². The van der Waals surface area contributed by atoms with E-state index in [0.29, 0.717) is 16.5 Å². The van der Waals surface area contributed by atoms with Crippen LogP contribution in [0.2, 0.25) is 5.02 Å². The number of carbonyl (C=O) groups is 1. The smallest absolute Gasteiger partial charge is 0.241 e. The minimum Gasteiger partial charge on any atom is -0.397 e. The van der Waals surface area contributed by atoms with Crippen LogP contribution in [-0.2, 0) is 4.79 Å². The van der Waals surface area contributed by atoms with Gasteiger partial charge in [0.1, 0.15) is 5.82 Å². The zero-order valence-electron chi connectivity index (χ0n) is 10.2. The molecule has 0 aliphatic carbocycles.